The number of nitrogens with zero attached hydrogens (tertiary/aromatic N) is 5. The second-order valence-corrected chi connectivity index (χ2v) is 15.4. The first-order chi connectivity index (χ1) is 24.3. The molecule has 1 saturated heterocycles. The number of amides is 3. The van der Waals surface area contributed by atoms with Crippen LogP contribution in [0.15, 0.2) is 41.9 Å². The largest absolute Gasteiger partial charge is 0.495 e. The minimum absolute atomic E-state index is 0.0294. The molecule has 3 aromatic rings. The molecule has 1 aliphatic carbocycles. The zero-order valence-corrected chi connectivity index (χ0v) is 30.5. The Bertz CT molecular complexity index is 1820. The van der Waals surface area contributed by atoms with Crippen LogP contribution in [-0.4, -0.2) is 90.7 Å². The second kappa shape index (κ2) is 14.6. The number of nitrogens with one attached hydrogen (secondary N) is 2. The number of carboxylic acids is 1. The number of aromatic nitrogens is 4. The van der Waals surface area contributed by atoms with Crippen molar-refractivity contribution in [2.24, 2.45) is 5.92 Å². The molecule has 2 aromatic heterocycles. The number of allylic oxidation sites excluding steroid dienone is 1. The SMILES string of the molecule is COc1ccc(-c2nn([C@H]3C[C@H]4C(=O)N[C@@]5(C(=O)O)C[C@@H]5/C=C\CCCCC[C@@H](NC(=O)OC(C)(C)C)C(=O)N4C3)nc2-c2nccs2)cc1Cl. The molecule has 0 radical (unpaired) electrons. The standard InChI is InChI=1S/C35H42ClN7O7S/c1-34(2,3)50-33(48)38-24-11-9-7-5-6-8-10-21-18-35(21,32(46)47)39-29(44)25-17-22(19-42(25)31(24)45)43-40-27(28(41-43)30-37-14-15-51-30)20-12-13-26(49-4)23(36)16-20/h8,10,12-16,21-22,24-25H,5-7,9,11,17-19H2,1-4H3,(H,38,48)(H,39,44)(H,46,47)/b10-8-/t21-,22-,24+,25-,35-/m0/s1. The van der Waals surface area contributed by atoms with Crippen molar-refractivity contribution in [3.63, 3.8) is 0 Å². The molecule has 2 aliphatic heterocycles. The van der Waals surface area contributed by atoms with E-state index >= 15 is 0 Å². The van der Waals surface area contributed by atoms with Gasteiger partial charge < -0.3 is 30.1 Å². The van der Waals surface area contributed by atoms with Crippen LogP contribution < -0.4 is 15.4 Å². The van der Waals surface area contributed by atoms with Crippen molar-refractivity contribution in [2.75, 3.05) is 13.7 Å². The Hall–Kier alpha value is -4.50. The number of hydrogen-bond acceptors (Lipinski definition) is 10. The minimum Gasteiger partial charge on any atom is -0.495 e. The second-order valence-electron chi connectivity index (χ2n) is 14.1. The Morgan fingerprint density at radius 2 is 1.94 bits per heavy atom. The van der Waals surface area contributed by atoms with Gasteiger partial charge in [-0.25, -0.2) is 14.6 Å². The van der Waals surface area contributed by atoms with Crippen LogP contribution in [0.3, 0.4) is 0 Å². The molecule has 2 fully saturated rings. The van der Waals surface area contributed by atoms with Crippen LogP contribution in [0, 0.1) is 5.92 Å². The number of alkyl carbamates (subject to hydrolysis) is 1. The van der Waals surface area contributed by atoms with Crippen LogP contribution in [0.25, 0.3) is 22.0 Å². The number of hydrogen-bond donors (Lipinski definition) is 3. The van der Waals surface area contributed by atoms with E-state index in [1.54, 1.807) is 39.1 Å². The molecule has 1 saturated carbocycles. The van der Waals surface area contributed by atoms with Gasteiger partial charge in [0.05, 0.1) is 18.2 Å². The van der Waals surface area contributed by atoms with Gasteiger partial charge in [-0.05, 0) is 64.7 Å². The molecule has 16 heteroatoms. The topological polar surface area (TPSA) is 178 Å². The van der Waals surface area contributed by atoms with E-state index < -0.39 is 53.1 Å². The molecule has 5 atom stereocenters. The summed E-state index contributed by atoms with van der Waals surface area (Å²) < 4.78 is 10.8. The number of thiazole rings is 1. The Morgan fingerprint density at radius 1 is 1.16 bits per heavy atom. The number of carbonyl (C=O) groups is 4. The van der Waals surface area contributed by atoms with E-state index in [1.807, 2.05) is 23.6 Å². The summed E-state index contributed by atoms with van der Waals surface area (Å²) in [6.07, 6.45) is 8.41. The van der Waals surface area contributed by atoms with Gasteiger partial charge in [-0.1, -0.05) is 36.6 Å². The molecule has 4 heterocycles. The van der Waals surface area contributed by atoms with Crippen molar-refractivity contribution in [1.29, 1.82) is 0 Å². The van der Waals surface area contributed by atoms with Crippen molar-refractivity contribution in [2.45, 2.75) is 95.0 Å². The van der Waals surface area contributed by atoms with E-state index in [1.165, 1.54) is 28.1 Å². The molecule has 0 bridgehead atoms. The molecule has 3 amide bonds. The third-order valence-electron chi connectivity index (χ3n) is 9.34. The number of benzene rings is 1. The number of carboxylic acid groups (broad SMARTS) is 1. The Kier molecular flexibility index (Phi) is 10.4. The maximum atomic E-state index is 14.4. The van der Waals surface area contributed by atoms with Crippen LogP contribution in [0.2, 0.25) is 5.02 Å². The van der Waals surface area contributed by atoms with Gasteiger partial charge in [0.2, 0.25) is 11.8 Å². The monoisotopic (exact) mass is 739 g/mol. The molecular formula is C35H42ClN7O7S. The smallest absolute Gasteiger partial charge is 0.408 e. The Labute approximate surface area is 304 Å². The summed E-state index contributed by atoms with van der Waals surface area (Å²) in [6.45, 7) is 5.23. The zero-order chi connectivity index (χ0) is 36.5. The molecule has 0 unspecified atom stereocenters. The highest BCUT2D eigenvalue weighted by molar-refractivity contribution is 7.13. The summed E-state index contributed by atoms with van der Waals surface area (Å²) >= 11 is 7.87. The van der Waals surface area contributed by atoms with Gasteiger partial charge in [-0.3, -0.25) is 9.59 Å². The van der Waals surface area contributed by atoms with E-state index in [2.05, 4.69) is 15.6 Å². The van der Waals surface area contributed by atoms with E-state index in [0.717, 1.165) is 19.3 Å². The fourth-order valence-electron chi connectivity index (χ4n) is 6.67. The molecule has 6 rings (SSSR count). The van der Waals surface area contributed by atoms with Gasteiger partial charge in [0, 0.05) is 36.0 Å². The van der Waals surface area contributed by atoms with Gasteiger partial charge >= 0.3 is 12.1 Å². The van der Waals surface area contributed by atoms with Crippen LogP contribution in [0.5, 0.6) is 5.75 Å². The molecule has 1 aromatic carbocycles. The number of halogens is 1. The molecule has 0 spiro atoms. The van der Waals surface area contributed by atoms with Gasteiger partial charge in [0.15, 0.2) is 0 Å². The van der Waals surface area contributed by atoms with E-state index in [4.69, 9.17) is 31.3 Å². The van der Waals surface area contributed by atoms with Gasteiger partial charge in [-0.15, -0.1) is 16.4 Å². The lowest BCUT2D eigenvalue weighted by atomic mass is 10.0. The quantitative estimate of drug-likeness (QED) is 0.283. The summed E-state index contributed by atoms with van der Waals surface area (Å²) in [5.74, 6) is -2.06. The number of rotatable bonds is 6. The number of fused-ring (bicyclic) bond motifs is 2. The number of aliphatic carboxylic acids is 1. The number of ether oxygens (including phenoxy) is 2. The van der Waals surface area contributed by atoms with E-state index in [0.29, 0.717) is 45.6 Å². The summed E-state index contributed by atoms with van der Waals surface area (Å²) in [5, 5.41) is 28.3. The molecule has 272 valence electrons. The molecule has 51 heavy (non-hydrogen) atoms. The average Bonchev–Trinajstić information content (AvgIpc) is 3.52. The van der Waals surface area contributed by atoms with Crippen molar-refractivity contribution in [3.8, 4) is 27.7 Å². The fraction of sp³-hybridized carbons (Fsp3) is 0.514. The van der Waals surface area contributed by atoms with Crippen LogP contribution in [0.1, 0.15) is 71.8 Å². The zero-order valence-electron chi connectivity index (χ0n) is 28.9. The van der Waals surface area contributed by atoms with Gasteiger partial charge in [0.25, 0.3) is 0 Å². The predicted molar refractivity (Wildman–Crippen MR) is 189 cm³/mol. The average molecular weight is 740 g/mol. The number of carbonyl (C=O) groups excluding carboxylic acids is 3. The highest BCUT2D eigenvalue weighted by atomic mass is 35.5. The van der Waals surface area contributed by atoms with E-state index in [-0.39, 0.29) is 25.3 Å². The van der Waals surface area contributed by atoms with Crippen LogP contribution in [0.4, 0.5) is 4.79 Å². The van der Waals surface area contributed by atoms with Crippen molar-refractivity contribution in [3.05, 3.63) is 47.0 Å². The predicted octanol–water partition coefficient (Wildman–Crippen LogP) is 5.25. The summed E-state index contributed by atoms with van der Waals surface area (Å²) in [7, 11) is 1.53. The minimum atomic E-state index is -1.46. The first-order valence-electron chi connectivity index (χ1n) is 17.0. The molecule has 3 N–H and O–H groups in total. The Morgan fingerprint density at radius 3 is 2.63 bits per heavy atom. The lowest BCUT2D eigenvalue weighted by molar-refractivity contribution is -0.145. The molecule has 14 nitrogen and oxygen atoms in total. The summed E-state index contributed by atoms with van der Waals surface area (Å²) in [5.41, 5.74) is -0.599. The third kappa shape index (κ3) is 7.88. The maximum absolute atomic E-state index is 14.4. The molecule has 3 aliphatic rings. The van der Waals surface area contributed by atoms with Crippen LogP contribution >= 0.6 is 22.9 Å². The molecular weight excluding hydrogens is 698 g/mol. The van der Waals surface area contributed by atoms with E-state index in [9.17, 15) is 24.3 Å². The Balaban J connectivity index is 1.37. The van der Waals surface area contributed by atoms with Gasteiger partial charge in [-0.2, -0.15) is 9.90 Å². The highest BCUT2D eigenvalue weighted by Crippen LogP contribution is 2.46. The lowest BCUT2D eigenvalue weighted by Crippen LogP contribution is -2.56. The lowest BCUT2D eigenvalue weighted by Gasteiger charge is -2.30. The van der Waals surface area contributed by atoms with Crippen molar-refractivity contribution < 1.29 is 33.8 Å². The summed E-state index contributed by atoms with van der Waals surface area (Å²) in [6, 6.07) is 2.64. The first-order valence-corrected chi connectivity index (χ1v) is 18.3. The van der Waals surface area contributed by atoms with Crippen molar-refractivity contribution >= 4 is 46.8 Å². The fourth-order valence-corrected chi connectivity index (χ4v) is 7.55. The highest BCUT2D eigenvalue weighted by Gasteiger charge is 2.61. The normalized spacial score (nSPS) is 26.2. The summed E-state index contributed by atoms with van der Waals surface area (Å²) in [4.78, 5) is 61.4. The van der Waals surface area contributed by atoms with Gasteiger partial charge in [0.1, 0.15) is 45.4 Å². The maximum Gasteiger partial charge on any atom is 0.408 e. The number of methoxy groups -OCH3 is 1. The first kappa shape index (κ1) is 36.3. The van der Waals surface area contributed by atoms with Crippen molar-refractivity contribution in [1.82, 2.24) is 35.5 Å². The van der Waals surface area contributed by atoms with Crippen LogP contribution in [-0.2, 0) is 19.1 Å². The third-order valence-corrected chi connectivity index (χ3v) is 10.4.